The standard InChI is InChI=1S/C13H10ClFN2O3/c1-2-8-3-4-12(11(5-8)17(18)19)20-13-10(15)6-9(14)7-16-13/h3-7H,2H2,1H3. The molecule has 0 unspecified atom stereocenters. The minimum absolute atomic E-state index is 0.0686. The van der Waals surface area contributed by atoms with E-state index in [0.717, 1.165) is 11.6 Å². The van der Waals surface area contributed by atoms with Crippen molar-refractivity contribution in [3.8, 4) is 11.6 Å². The van der Waals surface area contributed by atoms with Gasteiger partial charge >= 0.3 is 5.69 Å². The van der Waals surface area contributed by atoms with E-state index in [4.69, 9.17) is 16.3 Å². The Balaban J connectivity index is 2.40. The predicted octanol–water partition coefficient (Wildman–Crippen LogP) is 4.14. The normalized spacial score (nSPS) is 10.3. The maximum atomic E-state index is 13.6. The smallest absolute Gasteiger partial charge is 0.311 e. The number of nitro benzene ring substituents is 1. The molecule has 7 heteroatoms. The highest BCUT2D eigenvalue weighted by molar-refractivity contribution is 6.30. The molecule has 20 heavy (non-hydrogen) atoms. The number of ether oxygens (including phenoxy) is 1. The molecule has 1 heterocycles. The van der Waals surface area contributed by atoms with Gasteiger partial charge in [-0.3, -0.25) is 10.1 Å². The molecule has 0 aliphatic rings. The van der Waals surface area contributed by atoms with Crippen LogP contribution in [0.15, 0.2) is 30.5 Å². The molecule has 0 aliphatic carbocycles. The summed E-state index contributed by atoms with van der Waals surface area (Å²) in [7, 11) is 0. The number of nitrogens with zero attached hydrogens (tertiary/aromatic N) is 2. The summed E-state index contributed by atoms with van der Waals surface area (Å²) in [4.78, 5) is 14.1. The van der Waals surface area contributed by atoms with Gasteiger partial charge in [0.1, 0.15) is 0 Å². The molecule has 2 aromatic rings. The fourth-order valence-corrected chi connectivity index (χ4v) is 1.74. The Morgan fingerprint density at radius 3 is 2.80 bits per heavy atom. The SMILES string of the molecule is CCc1ccc(Oc2ncc(Cl)cc2F)c([N+](=O)[O-])c1. The maximum Gasteiger partial charge on any atom is 0.311 e. The minimum atomic E-state index is -0.786. The second-order valence-corrected chi connectivity index (χ2v) is 4.39. The lowest BCUT2D eigenvalue weighted by Crippen LogP contribution is -1.97. The zero-order valence-corrected chi connectivity index (χ0v) is 11.2. The molecule has 1 aromatic carbocycles. The van der Waals surface area contributed by atoms with Crippen LogP contribution in [0.2, 0.25) is 5.02 Å². The van der Waals surface area contributed by atoms with E-state index in [1.54, 1.807) is 6.07 Å². The monoisotopic (exact) mass is 296 g/mol. The third-order valence-corrected chi connectivity index (χ3v) is 2.82. The second kappa shape index (κ2) is 5.83. The van der Waals surface area contributed by atoms with Crippen molar-refractivity contribution in [2.75, 3.05) is 0 Å². The van der Waals surface area contributed by atoms with Gasteiger partial charge in [-0.05, 0) is 24.1 Å². The first-order valence-electron chi connectivity index (χ1n) is 5.77. The first kappa shape index (κ1) is 14.2. The topological polar surface area (TPSA) is 65.3 Å². The molecule has 0 amide bonds. The van der Waals surface area contributed by atoms with E-state index in [1.165, 1.54) is 18.3 Å². The first-order chi connectivity index (χ1) is 9.51. The van der Waals surface area contributed by atoms with Crippen molar-refractivity contribution in [3.05, 3.63) is 57.0 Å². The van der Waals surface area contributed by atoms with E-state index in [9.17, 15) is 14.5 Å². The van der Waals surface area contributed by atoms with Crippen molar-refractivity contribution in [2.45, 2.75) is 13.3 Å². The molecular weight excluding hydrogens is 287 g/mol. The van der Waals surface area contributed by atoms with Gasteiger partial charge in [0.2, 0.25) is 5.75 Å². The largest absolute Gasteiger partial charge is 0.429 e. The summed E-state index contributed by atoms with van der Waals surface area (Å²) in [6.45, 7) is 1.88. The van der Waals surface area contributed by atoms with Crippen LogP contribution in [0.1, 0.15) is 12.5 Å². The molecule has 0 atom stereocenters. The Bertz CT molecular complexity index is 664. The molecule has 2 rings (SSSR count). The van der Waals surface area contributed by atoms with Crippen LogP contribution in [0.3, 0.4) is 0 Å². The molecule has 0 saturated carbocycles. The molecule has 104 valence electrons. The molecule has 0 radical (unpaired) electrons. The summed E-state index contributed by atoms with van der Waals surface area (Å²) >= 11 is 5.57. The van der Waals surface area contributed by atoms with Gasteiger partial charge in [-0.25, -0.2) is 9.37 Å². The average molecular weight is 297 g/mol. The number of hydrogen-bond acceptors (Lipinski definition) is 4. The third-order valence-electron chi connectivity index (χ3n) is 2.61. The lowest BCUT2D eigenvalue weighted by atomic mass is 10.1. The summed E-state index contributed by atoms with van der Waals surface area (Å²) in [5, 5.41) is 11.1. The Hall–Kier alpha value is -2.21. The number of benzene rings is 1. The zero-order chi connectivity index (χ0) is 14.7. The quantitative estimate of drug-likeness (QED) is 0.628. The highest BCUT2D eigenvalue weighted by Crippen LogP contribution is 2.32. The van der Waals surface area contributed by atoms with Crippen molar-refractivity contribution in [2.24, 2.45) is 0 Å². The zero-order valence-electron chi connectivity index (χ0n) is 10.5. The van der Waals surface area contributed by atoms with E-state index >= 15 is 0 Å². The number of hydrogen-bond donors (Lipinski definition) is 0. The molecule has 0 bridgehead atoms. The highest BCUT2D eigenvalue weighted by atomic mass is 35.5. The number of halogens is 2. The molecule has 0 aliphatic heterocycles. The fourth-order valence-electron chi connectivity index (χ4n) is 1.59. The molecule has 0 spiro atoms. The van der Waals surface area contributed by atoms with Gasteiger partial charge in [-0.1, -0.05) is 24.6 Å². The van der Waals surface area contributed by atoms with E-state index < -0.39 is 10.7 Å². The number of nitro groups is 1. The van der Waals surface area contributed by atoms with Crippen molar-refractivity contribution >= 4 is 17.3 Å². The maximum absolute atomic E-state index is 13.6. The van der Waals surface area contributed by atoms with Gasteiger partial charge in [0.05, 0.1) is 9.95 Å². The number of pyridine rings is 1. The lowest BCUT2D eigenvalue weighted by Gasteiger charge is -2.07. The second-order valence-electron chi connectivity index (χ2n) is 3.96. The van der Waals surface area contributed by atoms with Gasteiger partial charge in [0.25, 0.3) is 5.88 Å². The molecule has 0 saturated heterocycles. The van der Waals surface area contributed by atoms with E-state index in [2.05, 4.69) is 4.98 Å². The van der Waals surface area contributed by atoms with Gasteiger partial charge < -0.3 is 4.74 Å². The van der Waals surface area contributed by atoms with Crippen molar-refractivity contribution in [1.82, 2.24) is 4.98 Å². The number of aromatic nitrogens is 1. The predicted molar refractivity (Wildman–Crippen MR) is 71.8 cm³/mol. The molecule has 0 fully saturated rings. The number of aryl methyl sites for hydroxylation is 1. The van der Waals surface area contributed by atoms with Crippen LogP contribution in [0.25, 0.3) is 0 Å². The van der Waals surface area contributed by atoms with Crippen LogP contribution in [0.5, 0.6) is 11.6 Å². The average Bonchev–Trinajstić information content (AvgIpc) is 2.42. The van der Waals surface area contributed by atoms with E-state index in [-0.39, 0.29) is 22.3 Å². The molecule has 0 N–H and O–H groups in total. The first-order valence-corrected chi connectivity index (χ1v) is 6.15. The van der Waals surface area contributed by atoms with Gasteiger partial charge in [0.15, 0.2) is 5.82 Å². The number of rotatable bonds is 4. The highest BCUT2D eigenvalue weighted by Gasteiger charge is 2.18. The van der Waals surface area contributed by atoms with Gasteiger partial charge in [0, 0.05) is 12.3 Å². The lowest BCUT2D eigenvalue weighted by molar-refractivity contribution is -0.385. The Morgan fingerprint density at radius 2 is 2.20 bits per heavy atom. The van der Waals surface area contributed by atoms with Crippen LogP contribution in [0, 0.1) is 15.9 Å². The van der Waals surface area contributed by atoms with Crippen molar-refractivity contribution in [3.63, 3.8) is 0 Å². The van der Waals surface area contributed by atoms with Crippen LogP contribution in [0.4, 0.5) is 10.1 Å². The van der Waals surface area contributed by atoms with E-state index in [0.29, 0.717) is 6.42 Å². The van der Waals surface area contributed by atoms with Crippen LogP contribution in [-0.2, 0) is 6.42 Å². The van der Waals surface area contributed by atoms with Crippen LogP contribution in [-0.4, -0.2) is 9.91 Å². The molecule has 5 nitrogen and oxygen atoms in total. The summed E-state index contributed by atoms with van der Waals surface area (Å²) < 4.78 is 18.7. The summed E-state index contributed by atoms with van der Waals surface area (Å²) in [6.07, 6.45) is 1.85. The Morgan fingerprint density at radius 1 is 1.45 bits per heavy atom. The summed E-state index contributed by atoms with van der Waals surface area (Å²) in [5.41, 5.74) is 0.550. The fraction of sp³-hybridized carbons (Fsp3) is 0.154. The van der Waals surface area contributed by atoms with Gasteiger partial charge in [-0.15, -0.1) is 0 Å². The van der Waals surface area contributed by atoms with Crippen LogP contribution >= 0.6 is 11.6 Å². The summed E-state index contributed by atoms with van der Waals surface area (Å²) in [6, 6.07) is 5.52. The minimum Gasteiger partial charge on any atom is -0.429 e. The van der Waals surface area contributed by atoms with Crippen molar-refractivity contribution < 1.29 is 14.1 Å². The van der Waals surface area contributed by atoms with Crippen LogP contribution < -0.4 is 4.74 Å². The molecule has 1 aromatic heterocycles. The molecular formula is C13H10ClFN2O3. The Kier molecular flexibility index (Phi) is 4.14. The van der Waals surface area contributed by atoms with Gasteiger partial charge in [-0.2, -0.15) is 0 Å². The van der Waals surface area contributed by atoms with E-state index in [1.807, 2.05) is 6.92 Å². The Labute approximate surface area is 119 Å². The third kappa shape index (κ3) is 3.03. The van der Waals surface area contributed by atoms with Crippen molar-refractivity contribution in [1.29, 1.82) is 0 Å². The summed E-state index contributed by atoms with van der Waals surface area (Å²) in [5.74, 6) is -1.21.